The van der Waals surface area contributed by atoms with Gasteiger partial charge in [-0.1, -0.05) is 81.0 Å². The van der Waals surface area contributed by atoms with Gasteiger partial charge in [-0.25, -0.2) is 17.6 Å². The van der Waals surface area contributed by atoms with E-state index in [1.165, 1.54) is 25.3 Å². The summed E-state index contributed by atoms with van der Waals surface area (Å²) in [6, 6.07) is 9.63. The van der Waals surface area contributed by atoms with E-state index in [0.717, 1.165) is 73.2 Å². The SMILES string of the molecule is C=S1(=O)CCC(C(C)(C)C(O)c2c(F)c(Cl)cc3cn[nH]c23)CC1.C=S1(=O)CCC(C(C)(C)C(O)c2cc(Cl)cc3cn[nH]c23)CC1.CC(=O)N1CCC(C(F)(F)C(O)c2cc(Cl)cc3cn[nH]c23)CC1.CC12CCC(C(O)c3c(F)c(Cl)cc4cn[nH]c34)(CC1)CC2. The third-order valence-electron chi connectivity index (χ3n) is 21.5. The molecular formula is C67H83Cl4F4N9O7S2. The Kier molecular flexibility index (Phi) is 20.6. The summed E-state index contributed by atoms with van der Waals surface area (Å²) in [6.45, 7) is 12.3. The molecule has 506 valence electrons. The second-order valence-electron chi connectivity index (χ2n) is 28.2. The minimum atomic E-state index is -3.33. The fourth-order valence-corrected chi connectivity index (χ4v) is 19.1. The second kappa shape index (κ2) is 27.1. The lowest BCUT2D eigenvalue weighted by atomic mass is 9.52. The van der Waals surface area contributed by atoms with Gasteiger partial charge in [0.1, 0.15) is 17.7 Å². The lowest BCUT2D eigenvalue weighted by molar-refractivity contribution is -0.163. The van der Waals surface area contributed by atoms with Crippen molar-refractivity contribution in [2.45, 2.75) is 149 Å². The highest BCUT2D eigenvalue weighted by Gasteiger charge is 2.52. The number of nitrogens with one attached hydrogen (secondary N) is 4. The van der Waals surface area contributed by atoms with Crippen molar-refractivity contribution >= 4 is 127 Å². The molecule has 26 heteroatoms. The largest absolute Gasteiger partial charge is 0.388 e. The van der Waals surface area contributed by atoms with Gasteiger partial charge in [-0.15, -0.1) is 0 Å². The van der Waals surface area contributed by atoms with E-state index in [1.54, 1.807) is 35.6 Å². The van der Waals surface area contributed by atoms with E-state index in [1.807, 2.05) is 26.0 Å². The van der Waals surface area contributed by atoms with E-state index < -0.39 is 72.3 Å². The zero-order valence-corrected chi connectivity index (χ0v) is 57.7. The molecule has 1 amide bonds. The van der Waals surface area contributed by atoms with E-state index in [4.69, 9.17) is 46.4 Å². The number of carbonyl (C=O) groups excluding carboxylic acids is 1. The second-order valence-corrected chi connectivity index (χ2v) is 35.4. The van der Waals surface area contributed by atoms with E-state index >= 15 is 0 Å². The van der Waals surface area contributed by atoms with Crippen molar-refractivity contribution in [1.29, 1.82) is 0 Å². The van der Waals surface area contributed by atoms with Crippen LogP contribution in [-0.2, 0) is 23.8 Å². The minimum Gasteiger partial charge on any atom is -0.388 e. The number of carbonyl (C=O) groups is 1. The first-order chi connectivity index (χ1) is 43.6. The van der Waals surface area contributed by atoms with Gasteiger partial charge >= 0.3 is 0 Å². The van der Waals surface area contributed by atoms with Crippen molar-refractivity contribution in [2.75, 3.05) is 36.1 Å². The number of rotatable bonds is 11. The quantitative estimate of drug-likeness (QED) is 0.0447. The highest BCUT2D eigenvalue weighted by molar-refractivity contribution is 8.00. The van der Waals surface area contributed by atoms with Crippen molar-refractivity contribution in [2.24, 2.45) is 39.4 Å². The third kappa shape index (κ3) is 14.5. The molecule has 4 aromatic carbocycles. The van der Waals surface area contributed by atoms with Gasteiger partial charge in [-0.3, -0.25) is 33.6 Å². The first kappa shape index (κ1) is 70.8. The number of hydrogen-bond acceptors (Lipinski definition) is 11. The highest BCUT2D eigenvalue weighted by atomic mass is 35.5. The van der Waals surface area contributed by atoms with Gasteiger partial charge in [-0.2, -0.15) is 20.4 Å². The van der Waals surface area contributed by atoms with Gasteiger partial charge in [0.15, 0.2) is 0 Å². The van der Waals surface area contributed by atoms with Gasteiger partial charge < -0.3 is 25.3 Å². The molecule has 4 aromatic heterocycles. The number of halogens is 8. The summed E-state index contributed by atoms with van der Waals surface area (Å²) >= 11 is 24.2. The minimum absolute atomic E-state index is 0.0295. The third-order valence-corrected chi connectivity index (χ3v) is 26.4. The Morgan fingerprint density at radius 3 is 1.35 bits per heavy atom. The Bertz CT molecular complexity index is 4230. The van der Waals surface area contributed by atoms with Crippen LogP contribution >= 0.6 is 46.4 Å². The molecule has 93 heavy (non-hydrogen) atoms. The first-order valence-electron chi connectivity index (χ1n) is 31.5. The number of aromatic amines is 4. The Balaban J connectivity index is 0.000000136. The topological polar surface area (TPSA) is 250 Å². The summed E-state index contributed by atoms with van der Waals surface area (Å²) in [6.07, 6.45) is 11.4. The number of benzene rings is 4. The zero-order chi connectivity index (χ0) is 67.5. The Morgan fingerprint density at radius 1 is 0.570 bits per heavy atom. The molecule has 2 bridgehead atoms. The smallest absolute Gasteiger partial charge is 0.280 e. The molecule has 6 aliphatic rings. The summed E-state index contributed by atoms with van der Waals surface area (Å²) < 4.78 is 83.2. The van der Waals surface area contributed by atoms with Crippen molar-refractivity contribution in [3.63, 3.8) is 0 Å². The van der Waals surface area contributed by atoms with Crippen molar-refractivity contribution in [3.8, 4) is 0 Å². The van der Waals surface area contributed by atoms with Gasteiger partial charge in [0.25, 0.3) is 5.92 Å². The van der Waals surface area contributed by atoms with E-state index in [-0.39, 0.29) is 74.8 Å². The van der Waals surface area contributed by atoms with Crippen LogP contribution in [-0.4, -0.2) is 134 Å². The molecule has 8 N–H and O–H groups in total. The van der Waals surface area contributed by atoms with Gasteiger partial charge in [0.2, 0.25) is 5.91 Å². The molecule has 4 atom stereocenters. The molecule has 8 aromatic rings. The molecule has 4 unspecified atom stereocenters. The standard InChI is InChI=1S/C17H22ClFN2O2S.C17H20ClFN2O.C17H23ClN2O2S.C16H18ClF2N3O2/c1-17(2,11-4-6-24(3,23)7-5-11)16(22)13-14(19)12(18)8-10-9-20-21-15(10)13;1-16-2-5-17(6-3-16,7-4-16)15(22)12-13(19)11(18)8-10-9-20-21-14(10)12;1-17(2,12-4-6-23(3,22)7-5-12)16(21)14-9-13(18)8-11-10-19-20-15(11)14;1-9(23)22-4-2-11(3-5-22)16(18,19)15(24)13-7-12(17)6-10-8-20-21-14(10)13/h8-9,11,16,22H,3-7H2,1-2H3,(H,20,21);8-9,15,22H,2-7H2,1H3,(H,20,21);8-10,12,16,21H,3-7H2,1-2H3,(H,19,20);6-8,11,15,24H,2-5H2,1H3,(H,20,21). The number of fused-ring (bicyclic) bond motifs is 7. The van der Waals surface area contributed by atoms with E-state index in [2.05, 4.69) is 73.3 Å². The summed E-state index contributed by atoms with van der Waals surface area (Å²) in [5.41, 5.74) is 2.73. The number of alkyl halides is 2. The lowest BCUT2D eigenvalue weighted by Crippen LogP contribution is -2.44. The average molecular weight is 1410 g/mol. The van der Waals surface area contributed by atoms with Gasteiger partial charge in [0, 0.05) is 108 Å². The fraction of sp³-hybridized carbons (Fsp3) is 0.537. The monoisotopic (exact) mass is 1410 g/mol. The maximum atomic E-state index is 14.9. The van der Waals surface area contributed by atoms with Crippen LogP contribution < -0.4 is 0 Å². The molecule has 3 aliphatic carbocycles. The molecule has 3 saturated heterocycles. The maximum Gasteiger partial charge on any atom is 0.280 e. The molecule has 14 rings (SSSR count). The van der Waals surface area contributed by atoms with Crippen LogP contribution in [0, 0.1) is 51.0 Å². The van der Waals surface area contributed by atoms with Gasteiger partial charge in [-0.05, 0) is 172 Å². The molecule has 3 saturated carbocycles. The predicted molar refractivity (Wildman–Crippen MR) is 365 cm³/mol. The number of aliphatic hydroxyl groups excluding tert-OH is 4. The summed E-state index contributed by atoms with van der Waals surface area (Å²) in [7, 11) is -3.92. The molecule has 0 radical (unpaired) electrons. The van der Waals surface area contributed by atoms with Crippen molar-refractivity contribution in [3.05, 3.63) is 115 Å². The normalized spacial score (nSPS) is 26.0. The van der Waals surface area contributed by atoms with Gasteiger partial charge in [0.05, 0.1) is 75.2 Å². The van der Waals surface area contributed by atoms with Crippen molar-refractivity contribution in [1.82, 2.24) is 45.7 Å². The number of aliphatic hydroxyl groups is 4. The number of nitrogens with zero attached hydrogens (tertiary/aromatic N) is 5. The summed E-state index contributed by atoms with van der Waals surface area (Å²) in [5.74, 6) is 4.83. The first-order valence-corrected chi connectivity index (χ1v) is 37.1. The summed E-state index contributed by atoms with van der Waals surface area (Å²) in [4.78, 5) is 12.9. The van der Waals surface area contributed by atoms with Crippen LogP contribution in [0.1, 0.15) is 165 Å². The number of amides is 1. The maximum absolute atomic E-state index is 14.9. The van der Waals surface area contributed by atoms with Crippen LogP contribution in [0.4, 0.5) is 17.6 Å². The zero-order valence-electron chi connectivity index (χ0n) is 53.0. The molecule has 0 spiro atoms. The van der Waals surface area contributed by atoms with E-state index in [9.17, 15) is 51.2 Å². The number of piperidine rings is 1. The molecule has 7 heterocycles. The van der Waals surface area contributed by atoms with Crippen LogP contribution in [0.2, 0.25) is 20.1 Å². The number of likely N-dealkylation sites (tertiary alicyclic amines) is 1. The number of H-pyrrole nitrogens is 4. The molecule has 6 fully saturated rings. The van der Waals surface area contributed by atoms with Crippen LogP contribution in [0.15, 0.2) is 61.2 Å². The van der Waals surface area contributed by atoms with Crippen LogP contribution in [0.25, 0.3) is 43.6 Å². The fourth-order valence-electron chi connectivity index (χ4n) is 14.9. The lowest BCUT2D eigenvalue weighted by Gasteiger charge is -2.54. The average Bonchev–Trinajstić information content (AvgIpc) is 1.77. The summed E-state index contributed by atoms with van der Waals surface area (Å²) in [5, 5.41) is 74.3. The Hall–Kier alpha value is -5.01. The molecule has 3 aliphatic heterocycles. The number of aromatic nitrogens is 8. The molecule has 16 nitrogen and oxygen atoms in total. The van der Waals surface area contributed by atoms with Crippen LogP contribution in [0.5, 0.6) is 0 Å². The molecular weight excluding hydrogens is 1320 g/mol. The number of hydrogen-bond donors (Lipinski definition) is 8. The van der Waals surface area contributed by atoms with Crippen LogP contribution in [0.3, 0.4) is 0 Å². The predicted octanol–water partition coefficient (Wildman–Crippen LogP) is 14.8. The Labute approximate surface area is 559 Å². The van der Waals surface area contributed by atoms with E-state index in [0.29, 0.717) is 85.1 Å². The van der Waals surface area contributed by atoms with Crippen molar-refractivity contribution < 1.29 is 51.2 Å². The Morgan fingerprint density at radius 2 is 0.935 bits per heavy atom. The highest BCUT2D eigenvalue weighted by Crippen LogP contribution is 2.62.